The summed E-state index contributed by atoms with van der Waals surface area (Å²) in [4.78, 5) is 8.76. The Morgan fingerprint density at radius 1 is 1.33 bits per heavy atom. The van der Waals surface area contributed by atoms with Gasteiger partial charge in [-0.25, -0.2) is 14.6 Å². The summed E-state index contributed by atoms with van der Waals surface area (Å²) in [5, 5.41) is 14.2. The molecule has 2 aromatic heterocycles. The summed E-state index contributed by atoms with van der Waals surface area (Å²) < 4.78 is 2.84. The lowest BCUT2D eigenvalue weighted by Gasteiger charge is -1.99. The number of hydrogen-bond acceptors (Lipinski definition) is 5. The predicted octanol–water partition coefficient (Wildman–Crippen LogP) is 1.89. The van der Waals surface area contributed by atoms with Crippen molar-refractivity contribution in [1.29, 1.82) is 0 Å². The molecule has 0 saturated heterocycles. The summed E-state index contributed by atoms with van der Waals surface area (Å²) >= 11 is 1.68. The van der Waals surface area contributed by atoms with Gasteiger partial charge in [0.1, 0.15) is 6.61 Å². The number of rotatable bonds is 2. The molecule has 5 nitrogen and oxygen atoms in total. The maximum Gasteiger partial charge on any atom is 0.176 e. The zero-order valence-electron chi connectivity index (χ0n) is 10.1. The van der Waals surface area contributed by atoms with Gasteiger partial charge in [-0.1, -0.05) is 0 Å². The molecule has 2 heterocycles. The van der Waals surface area contributed by atoms with E-state index in [9.17, 15) is 0 Å². The average Bonchev–Trinajstić information content (AvgIpc) is 2.89. The quantitative estimate of drug-likeness (QED) is 0.764. The second-order valence-corrected chi connectivity index (χ2v) is 5.28. The van der Waals surface area contributed by atoms with Crippen molar-refractivity contribution in [3.63, 3.8) is 0 Å². The minimum atomic E-state index is -0.147. The molecule has 0 amide bonds. The van der Waals surface area contributed by atoms with Gasteiger partial charge < -0.3 is 5.11 Å². The van der Waals surface area contributed by atoms with Crippen LogP contribution in [0.25, 0.3) is 21.6 Å². The van der Waals surface area contributed by atoms with Gasteiger partial charge in [-0.05, 0) is 25.1 Å². The molecule has 0 aliphatic rings. The molecule has 1 N–H and O–H groups in total. The second kappa shape index (κ2) is 4.15. The maximum absolute atomic E-state index is 9.05. The number of benzene rings is 1. The Hall–Kier alpha value is -1.79. The molecule has 0 bridgehead atoms. The van der Waals surface area contributed by atoms with Crippen LogP contribution in [0.15, 0.2) is 18.2 Å². The van der Waals surface area contributed by atoms with E-state index in [4.69, 9.17) is 5.11 Å². The van der Waals surface area contributed by atoms with Crippen molar-refractivity contribution in [3.05, 3.63) is 29.0 Å². The number of aliphatic hydroxyl groups is 1. The smallest absolute Gasteiger partial charge is 0.176 e. The molecule has 92 valence electrons. The van der Waals surface area contributed by atoms with E-state index in [0.717, 1.165) is 21.9 Å². The molecular formula is C12H12N4OS. The topological polar surface area (TPSA) is 63.8 Å². The van der Waals surface area contributed by atoms with E-state index in [1.807, 2.05) is 32.2 Å². The minimum Gasteiger partial charge on any atom is -0.388 e. The highest BCUT2D eigenvalue weighted by atomic mass is 32.1. The van der Waals surface area contributed by atoms with Crippen LogP contribution in [-0.2, 0) is 13.7 Å². The Labute approximate surface area is 108 Å². The lowest BCUT2D eigenvalue weighted by Crippen LogP contribution is -1.94. The first-order chi connectivity index (χ1) is 8.67. The monoisotopic (exact) mass is 260 g/mol. The largest absolute Gasteiger partial charge is 0.388 e. The van der Waals surface area contributed by atoms with Gasteiger partial charge >= 0.3 is 0 Å². The highest BCUT2D eigenvalue weighted by Crippen LogP contribution is 2.26. The van der Waals surface area contributed by atoms with Gasteiger partial charge in [-0.3, -0.25) is 0 Å². The summed E-state index contributed by atoms with van der Waals surface area (Å²) in [5.74, 6) is 1.17. The molecule has 0 atom stereocenters. The fourth-order valence-electron chi connectivity index (χ4n) is 1.94. The van der Waals surface area contributed by atoms with Crippen molar-refractivity contribution in [3.8, 4) is 11.4 Å². The molecule has 0 radical (unpaired) electrons. The van der Waals surface area contributed by atoms with Crippen LogP contribution in [-0.4, -0.2) is 24.9 Å². The van der Waals surface area contributed by atoms with Crippen molar-refractivity contribution in [2.45, 2.75) is 13.5 Å². The second-order valence-electron chi connectivity index (χ2n) is 4.05. The molecule has 0 saturated carbocycles. The van der Waals surface area contributed by atoms with Gasteiger partial charge in [-0.15, -0.1) is 11.3 Å². The summed E-state index contributed by atoms with van der Waals surface area (Å²) in [7, 11) is 1.82. The van der Waals surface area contributed by atoms with Crippen LogP contribution < -0.4 is 0 Å². The van der Waals surface area contributed by atoms with Crippen molar-refractivity contribution in [2.75, 3.05) is 0 Å². The highest BCUT2D eigenvalue weighted by Gasteiger charge is 2.10. The van der Waals surface area contributed by atoms with Gasteiger partial charge in [0.25, 0.3) is 0 Å². The molecule has 0 aliphatic carbocycles. The van der Waals surface area contributed by atoms with Crippen molar-refractivity contribution >= 4 is 21.6 Å². The normalized spacial score (nSPS) is 11.3. The summed E-state index contributed by atoms with van der Waals surface area (Å²) in [6, 6.07) is 6.05. The summed E-state index contributed by atoms with van der Waals surface area (Å²) in [6.45, 7) is 1.85. The van der Waals surface area contributed by atoms with Crippen LogP contribution >= 0.6 is 11.3 Å². The van der Waals surface area contributed by atoms with Crippen LogP contribution in [0.3, 0.4) is 0 Å². The summed E-state index contributed by atoms with van der Waals surface area (Å²) in [6.07, 6.45) is 0. The van der Waals surface area contributed by atoms with Crippen LogP contribution in [0.2, 0.25) is 0 Å². The Balaban J connectivity index is 2.15. The van der Waals surface area contributed by atoms with Gasteiger partial charge in [-0.2, -0.15) is 5.10 Å². The fraction of sp³-hybridized carbons (Fsp3) is 0.250. The number of thiazole rings is 1. The lowest BCUT2D eigenvalue weighted by atomic mass is 10.2. The van der Waals surface area contributed by atoms with E-state index in [-0.39, 0.29) is 6.61 Å². The van der Waals surface area contributed by atoms with Gasteiger partial charge in [0.05, 0.1) is 15.2 Å². The van der Waals surface area contributed by atoms with Gasteiger partial charge in [0.15, 0.2) is 11.6 Å². The number of nitrogens with zero attached hydrogens (tertiary/aromatic N) is 4. The molecular weight excluding hydrogens is 248 g/mol. The maximum atomic E-state index is 9.05. The van der Waals surface area contributed by atoms with E-state index >= 15 is 0 Å². The number of aliphatic hydroxyl groups excluding tert-OH is 1. The zero-order chi connectivity index (χ0) is 12.7. The minimum absolute atomic E-state index is 0.147. The van der Waals surface area contributed by atoms with Crippen LogP contribution in [0.1, 0.15) is 10.8 Å². The first-order valence-electron chi connectivity index (χ1n) is 5.55. The van der Waals surface area contributed by atoms with Crippen molar-refractivity contribution < 1.29 is 5.11 Å². The number of fused-ring (bicyclic) bond motifs is 1. The van der Waals surface area contributed by atoms with Gasteiger partial charge in [0.2, 0.25) is 0 Å². The molecule has 0 aliphatic heterocycles. The van der Waals surface area contributed by atoms with E-state index in [1.165, 1.54) is 4.70 Å². The number of hydrogen-bond donors (Lipinski definition) is 1. The van der Waals surface area contributed by atoms with E-state index in [1.54, 1.807) is 16.0 Å². The predicted molar refractivity (Wildman–Crippen MR) is 70.3 cm³/mol. The van der Waals surface area contributed by atoms with Gasteiger partial charge in [0, 0.05) is 12.6 Å². The Morgan fingerprint density at radius 3 is 2.89 bits per heavy atom. The number of aromatic nitrogens is 4. The average molecular weight is 260 g/mol. The first-order valence-corrected chi connectivity index (χ1v) is 6.37. The third kappa shape index (κ3) is 1.79. The van der Waals surface area contributed by atoms with Crippen molar-refractivity contribution in [1.82, 2.24) is 19.7 Å². The van der Waals surface area contributed by atoms with Crippen LogP contribution in [0.5, 0.6) is 0 Å². The fourth-order valence-corrected chi connectivity index (χ4v) is 2.75. The molecule has 0 spiro atoms. The number of aryl methyl sites for hydroxylation is 2. The van der Waals surface area contributed by atoms with Crippen LogP contribution in [0, 0.1) is 6.92 Å². The molecule has 3 aromatic rings. The van der Waals surface area contributed by atoms with Crippen LogP contribution in [0.4, 0.5) is 0 Å². The van der Waals surface area contributed by atoms with Crippen molar-refractivity contribution in [2.24, 2.45) is 7.05 Å². The standard InChI is InChI=1S/C12H12N4OS/c1-7-13-9-5-8(3-4-10(9)18-7)12-14-11(6-17)15-16(12)2/h3-5,17H,6H2,1-2H3. The SMILES string of the molecule is Cc1nc2cc(-c3nc(CO)nn3C)ccc2s1. The van der Waals surface area contributed by atoms with E-state index in [0.29, 0.717) is 5.82 Å². The molecule has 6 heteroatoms. The Morgan fingerprint density at radius 2 is 2.17 bits per heavy atom. The van der Waals surface area contributed by atoms with E-state index < -0.39 is 0 Å². The highest BCUT2D eigenvalue weighted by molar-refractivity contribution is 7.18. The Kier molecular flexibility index (Phi) is 2.61. The van der Waals surface area contributed by atoms with E-state index in [2.05, 4.69) is 15.1 Å². The molecule has 3 rings (SSSR count). The summed E-state index contributed by atoms with van der Waals surface area (Å²) in [5.41, 5.74) is 1.94. The molecule has 18 heavy (non-hydrogen) atoms. The third-order valence-corrected chi connectivity index (χ3v) is 3.65. The molecule has 1 aromatic carbocycles. The Bertz CT molecular complexity index is 716. The zero-order valence-corrected chi connectivity index (χ0v) is 10.9. The lowest BCUT2D eigenvalue weighted by molar-refractivity contribution is 0.271. The first kappa shape index (κ1) is 11.3. The third-order valence-electron chi connectivity index (χ3n) is 2.70. The molecule has 0 fully saturated rings. The molecule has 0 unspecified atom stereocenters.